The van der Waals surface area contributed by atoms with Gasteiger partial charge in [0.1, 0.15) is 5.82 Å². The van der Waals surface area contributed by atoms with Crippen LogP contribution in [0.3, 0.4) is 0 Å². The molecule has 1 amide bonds. The molecule has 1 heterocycles. The van der Waals surface area contributed by atoms with E-state index in [-0.39, 0.29) is 11.6 Å². The van der Waals surface area contributed by atoms with Crippen LogP contribution >= 0.6 is 23.2 Å². The number of carbonyl (C=O) groups is 1. The van der Waals surface area contributed by atoms with Crippen molar-refractivity contribution in [3.63, 3.8) is 0 Å². The molecule has 29 heavy (non-hydrogen) atoms. The first kappa shape index (κ1) is 21.4. The Balaban J connectivity index is 1.91. The molecule has 0 fully saturated rings. The van der Waals surface area contributed by atoms with Crippen LogP contribution in [0.1, 0.15) is 43.5 Å². The predicted molar refractivity (Wildman–Crippen MR) is 117 cm³/mol. The minimum absolute atomic E-state index is 0.0266. The molecule has 2 aromatic carbocycles. The normalized spacial score (nSPS) is 12.2. The van der Waals surface area contributed by atoms with E-state index >= 15 is 0 Å². The fourth-order valence-electron chi connectivity index (χ4n) is 3.11. The second-order valence-electron chi connectivity index (χ2n) is 7.05. The van der Waals surface area contributed by atoms with Crippen LogP contribution in [0.2, 0.25) is 10.0 Å². The number of carbonyl (C=O) groups excluding carboxylic acids is 1. The summed E-state index contributed by atoms with van der Waals surface area (Å²) in [5, 5.41) is 6.82. The van der Waals surface area contributed by atoms with Crippen molar-refractivity contribution in [1.82, 2.24) is 14.9 Å². The number of rotatable bonds is 7. The minimum Gasteiger partial charge on any atom is -0.349 e. The van der Waals surface area contributed by atoms with Gasteiger partial charge in [-0.1, -0.05) is 49.0 Å². The van der Waals surface area contributed by atoms with Crippen LogP contribution in [-0.4, -0.2) is 21.5 Å². The summed E-state index contributed by atoms with van der Waals surface area (Å²) in [5.74, 6) is -0.603. The van der Waals surface area contributed by atoms with Crippen molar-refractivity contribution in [3.05, 3.63) is 51.8 Å². The number of halogens is 3. The number of para-hydroxylation sites is 1. The van der Waals surface area contributed by atoms with E-state index < -0.39 is 11.7 Å². The Kier molecular flexibility index (Phi) is 6.65. The van der Waals surface area contributed by atoms with E-state index in [1.54, 1.807) is 29.8 Å². The molecule has 1 unspecified atom stereocenters. The topological polar surface area (TPSA) is 59.0 Å². The first-order valence-corrected chi connectivity index (χ1v) is 10.2. The molecule has 1 aromatic heterocycles. The predicted octanol–water partition coefficient (Wildman–Crippen LogP) is 6.07. The van der Waals surface area contributed by atoms with E-state index in [0.29, 0.717) is 32.7 Å². The van der Waals surface area contributed by atoms with E-state index in [2.05, 4.69) is 22.5 Å². The third-order valence-corrected chi connectivity index (χ3v) is 5.41. The zero-order valence-electron chi connectivity index (χ0n) is 16.5. The number of nitrogens with one attached hydrogen (secondary N) is 2. The summed E-state index contributed by atoms with van der Waals surface area (Å²) in [6.07, 6.45) is 2.89. The highest BCUT2D eigenvalue weighted by molar-refractivity contribution is 6.39. The molecule has 2 N–H and O–H groups in total. The van der Waals surface area contributed by atoms with Gasteiger partial charge in [0.25, 0.3) is 5.91 Å². The third kappa shape index (κ3) is 4.65. The third-order valence-electron chi connectivity index (χ3n) is 4.78. The summed E-state index contributed by atoms with van der Waals surface area (Å²) in [5.41, 5.74) is 1.52. The Labute approximate surface area is 179 Å². The monoisotopic (exact) mass is 436 g/mol. The quantitative estimate of drug-likeness (QED) is 0.472. The lowest BCUT2D eigenvalue weighted by Crippen LogP contribution is -2.33. The maximum Gasteiger partial charge on any atom is 0.254 e. The van der Waals surface area contributed by atoms with E-state index in [9.17, 15) is 9.18 Å². The molecule has 0 bridgehead atoms. The minimum atomic E-state index is -0.594. The number of benzene rings is 2. The maximum atomic E-state index is 14.7. The van der Waals surface area contributed by atoms with Crippen LogP contribution in [-0.2, 0) is 7.05 Å². The van der Waals surface area contributed by atoms with Crippen LogP contribution < -0.4 is 10.6 Å². The fourth-order valence-corrected chi connectivity index (χ4v) is 3.60. The number of aryl methyl sites for hydroxylation is 1. The van der Waals surface area contributed by atoms with Crippen molar-refractivity contribution in [1.29, 1.82) is 0 Å². The largest absolute Gasteiger partial charge is 0.349 e. The molecule has 0 aliphatic carbocycles. The van der Waals surface area contributed by atoms with Crippen molar-refractivity contribution >= 4 is 51.8 Å². The Morgan fingerprint density at radius 2 is 1.97 bits per heavy atom. The lowest BCUT2D eigenvalue weighted by molar-refractivity contribution is 0.0934. The van der Waals surface area contributed by atoms with Crippen LogP contribution in [0.5, 0.6) is 0 Å². The average Bonchev–Trinajstić information content (AvgIpc) is 2.97. The molecule has 1 atom stereocenters. The van der Waals surface area contributed by atoms with Crippen molar-refractivity contribution in [3.8, 4) is 0 Å². The number of nitrogens with zero attached hydrogens (tertiary/aromatic N) is 2. The van der Waals surface area contributed by atoms with Crippen molar-refractivity contribution in [2.24, 2.45) is 7.05 Å². The van der Waals surface area contributed by atoms with Crippen LogP contribution in [0.4, 0.5) is 16.0 Å². The number of hydrogen-bond donors (Lipinski definition) is 2. The number of unbranched alkanes of at least 4 members (excludes halogenated alkanes) is 1. The Hall–Kier alpha value is -2.31. The van der Waals surface area contributed by atoms with Gasteiger partial charge in [-0.05, 0) is 31.5 Å². The molecule has 3 aromatic rings. The zero-order valence-corrected chi connectivity index (χ0v) is 18.0. The number of fused-ring (bicyclic) bond motifs is 1. The lowest BCUT2D eigenvalue weighted by atomic mass is 10.1. The standard InChI is InChI=1S/C21H23Cl2FN4O/c1-4-5-7-12(2)25-20(29)13-10-17-18(11-16(13)24)28(3)21(26-17)27-19-14(22)8-6-9-15(19)23/h6,8-12H,4-5,7H2,1-3H3,(H,25,29)(H,26,27). The van der Waals surface area contributed by atoms with Gasteiger partial charge in [-0.15, -0.1) is 0 Å². The Bertz CT molecular complexity index is 1030. The molecule has 0 spiro atoms. The first-order chi connectivity index (χ1) is 13.8. The molecule has 8 heteroatoms. The summed E-state index contributed by atoms with van der Waals surface area (Å²) >= 11 is 12.4. The molecular formula is C21H23Cl2FN4O. The van der Waals surface area contributed by atoms with E-state index in [1.807, 2.05) is 6.92 Å². The number of imidazole rings is 1. The highest BCUT2D eigenvalue weighted by Crippen LogP contribution is 2.33. The number of aromatic nitrogens is 2. The molecule has 3 rings (SSSR count). The summed E-state index contributed by atoms with van der Waals surface area (Å²) in [6.45, 7) is 4.00. The second kappa shape index (κ2) is 9.01. The van der Waals surface area contributed by atoms with E-state index in [4.69, 9.17) is 23.2 Å². The van der Waals surface area contributed by atoms with E-state index in [1.165, 1.54) is 12.1 Å². The number of amides is 1. The SMILES string of the molecule is CCCCC(C)NC(=O)c1cc2nc(Nc3c(Cl)cccc3Cl)n(C)c2cc1F. The van der Waals surface area contributed by atoms with Gasteiger partial charge in [0.15, 0.2) is 0 Å². The molecule has 0 aliphatic rings. The van der Waals surface area contributed by atoms with Crippen LogP contribution in [0.15, 0.2) is 30.3 Å². The summed E-state index contributed by atoms with van der Waals surface area (Å²) in [4.78, 5) is 17.0. The van der Waals surface area contributed by atoms with Gasteiger partial charge in [-0.2, -0.15) is 0 Å². The average molecular weight is 437 g/mol. The van der Waals surface area contributed by atoms with Gasteiger partial charge in [0.05, 0.1) is 32.3 Å². The maximum absolute atomic E-state index is 14.7. The van der Waals surface area contributed by atoms with Gasteiger partial charge < -0.3 is 15.2 Å². The smallest absolute Gasteiger partial charge is 0.254 e. The van der Waals surface area contributed by atoms with Gasteiger partial charge in [0, 0.05) is 19.2 Å². The number of anilines is 2. The fraction of sp³-hybridized carbons (Fsp3) is 0.333. The molecule has 0 saturated carbocycles. The van der Waals surface area contributed by atoms with Gasteiger partial charge in [-0.25, -0.2) is 9.37 Å². The van der Waals surface area contributed by atoms with Crippen LogP contribution in [0, 0.1) is 5.82 Å². The Morgan fingerprint density at radius 3 is 2.62 bits per heavy atom. The molecule has 154 valence electrons. The van der Waals surface area contributed by atoms with Crippen molar-refractivity contribution in [2.45, 2.75) is 39.2 Å². The van der Waals surface area contributed by atoms with Gasteiger partial charge in [0.2, 0.25) is 5.95 Å². The molecule has 0 radical (unpaired) electrons. The van der Waals surface area contributed by atoms with Crippen molar-refractivity contribution < 1.29 is 9.18 Å². The first-order valence-electron chi connectivity index (χ1n) is 9.49. The zero-order chi connectivity index (χ0) is 21.1. The second-order valence-corrected chi connectivity index (χ2v) is 7.87. The summed E-state index contributed by atoms with van der Waals surface area (Å²) in [7, 11) is 1.74. The highest BCUT2D eigenvalue weighted by Gasteiger charge is 2.19. The summed E-state index contributed by atoms with van der Waals surface area (Å²) in [6, 6.07) is 7.91. The summed E-state index contributed by atoms with van der Waals surface area (Å²) < 4.78 is 16.3. The van der Waals surface area contributed by atoms with E-state index in [0.717, 1.165) is 19.3 Å². The molecule has 0 saturated heterocycles. The molecule has 0 aliphatic heterocycles. The molecular weight excluding hydrogens is 414 g/mol. The van der Waals surface area contributed by atoms with Crippen LogP contribution in [0.25, 0.3) is 11.0 Å². The number of hydrogen-bond acceptors (Lipinski definition) is 3. The highest BCUT2D eigenvalue weighted by atomic mass is 35.5. The Morgan fingerprint density at radius 1 is 1.28 bits per heavy atom. The van der Waals surface area contributed by atoms with Crippen molar-refractivity contribution in [2.75, 3.05) is 5.32 Å². The molecule has 5 nitrogen and oxygen atoms in total. The lowest BCUT2D eigenvalue weighted by Gasteiger charge is -2.13. The van der Waals surface area contributed by atoms with Gasteiger partial charge >= 0.3 is 0 Å². The van der Waals surface area contributed by atoms with Gasteiger partial charge in [-0.3, -0.25) is 4.79 Å².